The number of thioether (sulfide) groups is 1. The van der Waals surface area contributed by atoms with Crippen LogP contribution in [0.15, 0.2) is 24.3 Å². The number of nitrogens with zero attached hydrogens (tertiary/aromatic N) is 1. The van der Waals surface area contributed by atoms with Crippen LogP contribution in [0.2, 0.25) is 0 Å². The minimum atomic E-state index is -0.132. The van der Waals surface area contributed by atoms with Gasteiger partial charge in [-0.15, -0.1) is 0 Å². The molecule has 7 heteroatoms. The fraction of sp³-hybridized carbons (Fsp3) is 0.429. The van der Waals surface area contributed by atoms with Crippen molar-refractivity contribution in [3.05, 3.63) is 24.3 Å². The summed E-state index contributed by atoms with van der Waals surface area (Å²) in [5, 5.41) is 8.88. The third kappa shape index (κ3) is 3.30. The normalized spacial score (nSPS) is 22.0. The van der Waals surface area contributed by atoms with Crippen molar-refractivity contribution in [1.82, 2.24) is 10.6 Å². The van der Waals surface area contributed by atoms with Crippen molar-refractivity contribution in [2.45, 2.75) is 6.04 Å². The molecule has 0 aromatic heterocycles. The van der Waals surface area contributed by atoms with Crippen LogP contribution in [0, 0.1) is 0 Å². The number of nitrogens with one attached hydrogen (secondary N) is 3. The van der Waals surface area contributed by atoms with Gasteiger partial charge < -0.3 is 16.0 Å². The van der Waals surface area contributed by atoms with Crippen molar-refractivity contribution >= 4 is 35.1 Å². The summed E-state index contributed by atoms with van der Waals surface area (Å²) in [5.41, 5.74) is 1.59. The summed E-state index contributed by atoms with van der Waals surface area (Å²) in [7, 11) is 0. The van der Waals surface area contributed by atoms with E-state index in [1.165, 1.54) is 0 Å². The highest BCUT2D eigenvalue weighted by atomic mass is 32.2. The first-order valence-electron chi connectivity index (χ1n) is 7.01. The molecule has 2 heterocycles. The molecule has 0 spiro atoms. The zero-order chi connectivity index (χ0) is 14.7. The number of benzene rings is 1. The van der Waals surface area contributed by atoms with Crippen LogP contribution in [-0.2, 0) is 4.79 Å². The summed E-state index contributed by atoms with van der Waals surface area (Å²) in [4.78, 5) is 25.4. The monoisotopic (exact) mass is 306 g/mol. The van der Waals surface area contributed by atoms with E-state index in [0.717, 1.165) is 29.4 Å². The van der Waals surface area contributed by atoms with Gasteiger partial charge >= 0.3 is 6.03 Å². The van der Waals surface area contributed by atoms with Crippen molar-refractivity contribution in [2.75, 3.05) is 41.4 Å². The molecule has 2 aliphatic rings. The molecule has 0 saturated carbocycles. The number of anilines is 2. The molecule has 2 fully saturated rings. The van der Waals surface area contributed by atoms with Gasteiger partial charge in [0.1, 0.15) is 0 Å². The average Bonchev–Trinajstić information content (AvgIpc) is 2.95. The number of hydrogen-bond acceptors (Lipinski definition) is 4. The molecule has 2 aliphatic heterocycles. The molecule has 0 bridgehead atoms. The Morgan fingerprint density at radius 1 is 1.29 bits per heavy atom. The summed E-state index contributed by atoms with van der Waals surface area (Å²) in [6, 6.07) is 7.15. The van der Waals surface area contributed by atoms with Gasteiger partial charge in [0.2, 0.25) is 5.91 Å². The first-order chi connectivity index (χ1) is 10.2. The van der Waals surface area contributed by atoms with E-state index in [1.807, 2.05) is 24.3 Å². The van der Waals surface area contributed by atoms with Gasteiger partial charge in [-0.3, -0.25) is 9.69 Å². The van der Waals surface area contributed by atoms with Gasteiger partial charge in [0.15, 0.2) is 0 Å². The molecular formula is C14H18N4O2S. The van der Waals surface area contributed by atoms with Gasteiger partial charge in [-0.05, 0) is 24.3 Å². The fourth-order valence-corrected chi connectivity index (χ4v) is 3.34. The zero-order valence-corrected chi connectivity index (χ0v) is 12.4. The third-order valence-electron chi connectivity index (χ3n) is 3.54. The van der Waals surface area contributed by atoms with Crippen LogP contribution in [0.1, 0.15) is 0 Å². The zero-order valence-electron chi connectivity index (χ0n) is 11.6. The average molecular weight is 306 g/mol. The topological polar surface area (TPSA) is 73.5 Å². The van der Waals surface area contributed by atoms with Crippen LogP contribution in [0.5, 0.6) is 0 Å². The number of urea groups is 1. The summed E-state index contributed by atoms with van der Waals surface area (Å²) in [6.45, 7) is 2.21. The van der Waals surface area contributed by atoms with Crippen LogP contribution in [0.4, 0.5) is 16.2 Å². The molecule has 0 radical (unpaired) electrons. The Morgan fingerprint density at radius 3 is 2.71 bits per heavy atom. The van der Waals surface area contributed by atoms with E-state index in [0.29, 0.717) is 13.1 Å². The third-order valence-corrected chi connectivity index (χ3v) is 4.60. The number of hydrogen-bond donors (Lipinski definition) is 3. The van der Waals surface area contributed by atoms with Crippen molar-refractivity contribution < 1.29 is 9.59 Å². The molecule has 3 rings (SSSR count). The number of rotatable bonds is 3. The maximum Gasteiger partial charge on any atom is 0.321 e. The van der Waals surface area contributed by atoms with Crippen LogP contribution in [0.3, 0.4) is 0 Å². The quantitative estimate of drug-likeness (QED) is 0.774. The maximum atomic E-state index is 12.1. The van der Waals surface area contributed by atoms with E-state index < -0.39 is 0 Å². The molecule has 3 amide bonds. The summed E-state index contributed by atoms with van der Waals surface area (Å²) in [5.74, 6) is 1.85. The lowest BCUT2D eigenvalue weighted by molar-refractivity contribution is -0.117. The molecule has 1 aromatic carbocycles. The van der Waals surface area contributed by atoms with Gasteiger partial charge in [-0.1, -0.05) is 0 Å². The van der Waals surface area contributed by atoms with E-state index >= 15 is 0 Å². The first kappa shape index (κ1) is 14.2. The van der Waals surface area contributed by atoms with E-state index in [9.17, 15) is 9.59 Å². The van der Waals surface area contributed by atoms with Gasteiger partial charge in [-0.25, -0.2) is 4.79 Å². The lowest BCUT2D eigenvalue weighted by Gasteiger charge is -2.22. The predicted octanol–water partition coefficient (Wildman–Crippen LogP) is 0.860. The second kappa shape index (κ2) is 6.36. The first-order valence-corrected chi connectivity index (χ1v) is 8.17. The Bertz CT molecular complexity index is 528. The standard InChI is InChI=1S/C14H18N4O2S/c19-13(12-9-21-8-6-15-12)17-10-1-3-11(4-2-10)18-7-5-16-14(18)20/h1-4,12,15H,5-9H2,(H,16,20)(H,17,19). The van der Waals surface area contributed by atoms with Crippen molar-refractivity contribution in [3.8, 4) is 0 Å². The molecule has 0 aliphatic carbocycles. The molecule has 112 valence electrons. The minimum absolute atomic E-state index is 0.00568. The fourth-order valence-electron chi connectivity index (χ4n) is 2.41. The molecular weight excluding hydrogens is 288 g/mol. The highest BCUT2D eigenvalue weighted by molar-refractivity contribution is 7.99. The molecule has 1 atom stereocenters. The van der Waals surface area contributed by atoms with Crippen molar-refractivity contribution in [2.24, 2.45) is 0 Å². The van der Waals surface area contributed by atoms with Gasteiger partial charge in [0, 0.05) is 42.5 Å². The highest BCUT2D eigenvalue weighted by Gasteiger charge is 2.22. The second-order valence-electron chi connectivity index (χ2n) is 5.00. The minimum Gasteiger partial charge on any atom is -0.336 e. The summed E-state index contributed by atoms with van der Waals surface area (Å²) < 4.78 is 0. The van der Waals surface area contributed by atoms with Crippen LogP contribution in [-0.4, -0.2) is 49.1 Å². The van der Waals surface area contributed by atoms with Crippen LogP contribution >= 0.6 is 11.8 Å². The molecule has 3 N–H and O–H groups in total. The maximum absolute atomic E-state index is 12.1. The lowest BCUT2D eigenvalue weighted by atomic mass is 10.2. The Balaban J connectivity index is 1.61. The summed E-state index contributed by atoms with van der Waals surface area (Å²) in [6.07, 6.45) is 0. The Morgan fingerprint density at radius 2 is 2.10 bits per heavy atom. The molecule has 2 saturated heterocycles. The molecule has 1 unspecified atom stereocenters. The van der Waals surface area contributed by atoms with Gasteiger partial charge in [0.25, 0.3) is 0 Å². The lowest BCUT2D eigenvalue weighted by Crippen LogP contribution is -2.46. The predicted molar refractivity (Wildman–Crippen MR) is 84.9 cm³/mol. The molecule has 21 heavy (non-hydrogen) atoms. The molecule has 1 aromatic rings. The van der Waals surface area contributed by atoms with E-state index in [-0.39, 0.29) is 18.0 Å². The Kier molecular flexibility index (Phi) is 4.31. The smallest absolute Gasteiger partial charge is 0.321 e. The summed E-state index contributed by atoms with van der Waals surface area (Å²) >= 11 is 1.79. The second-order valence-corrected chi connectivity index (χ2v) is 6.15. The largest absolute Gasteiger partial charge is 0.336 e. The van der Waals surface area contributed by atoms with Crippen LogP contribution in [0.25, 0.3) is 0 Å². The SMILES string of the molecule is O=C(Nc1ccc(N2CCNC2=O)cc1)C1CSCCN1. The number of carbonyl (C=O) groups excluding carboxylic acids is 2. The van der Waals surface area contributed by atoms with E-state index in [4.69, 9.17) is 0 Å². The van der Waals surface area contributed by atoms with E-state index in [2.05, 4.69) is 16.0 Å². The van der Waals surface area contributed by atoms with Crippen LogP contribution < -0.4 is 20.9 Å². The van der Waals surface area contributed by atoms with Gasteiger partial charge in [-0.2, -0.15) is 11.8 Å². The highest BCUT2D eigenvalue weighted by Crippen LogP contribution is 2.20. The number of amides is 3. The Hall–Kier alpha value is -1.73. The van der Waals surface area contributed by atoms with Crippen molar-refractivity contribution in [3.63, 3.8) is 0 Å². The Labute approximate surface area is 127 Å². The van der Waals surface area contributed by atoms with Gasteiger partial charge in [0.05, 0.1) is 6.04 Å². The van der Waals surface area contributed by atoms with Crippen molar-refractivity contribution in [1.29, 1.82) is 0 Å². The van der Waals surface area contributed by atoms with E-state index in [1.54, 1.807) is 16.7 Å². The number of carbonyl (C=O) groups is 2. The molecule has 6 nitrogen and oxygen atoms in total.